The predicted molar refractivity (Wildman–Crippen MR) is 83.3 cm³/mol. The molecule has 1 aliphatic rings. The highest BCUT2D eigenvalue weighted by atomic mass is 32.2. The van der Waals surface area contributed by atoms with Crippen molar-refractivity contribution in [3.05, 3.63) is 10.5 Å². The predicted octanol–water partition coefficient (Wildman–Crippen LogP) is 2.24. The third kappa shape index (κ3) is 3.88. The molecule has 1 heterocycles. The van der Waals surface area contributed by atoms with Crippen LogP contribution in [0.3, 0.4) is 0 Å². The SMILES string of the molecule is CCNC(CSc1n[nH]c(=O)n1CC)C1CCCCC1. The number of nitrogens with zero attached hydrogens (tertiary/aromatic N) is 2. The van der Waals surface area contributed by atoms with E-state index in [9.17, 15) is 4.79 Å². The van der Waals surface area contributed by atoms with Gasteiger partial charge in [0.1, 0.15) is 0 Å². The summed E-state index contributed by atoms with van der Waals surface area (Å²) in [5.74, 6) is 1.76. The first-order valence-electron chi connectivity index (χ1n) is 7.77. The van der Waals surface area contributed by atoms with E-state index in [1.807, 2.05) is 6.92 Å². The topological polar surface area (TPSA) is 62.7 Å². The number of rotatable bonds is 7. The van der Waals surface area contributed by atoms with Gasteiger partial charge in [-0.25, -0.2) is 9.89 Å². The smallest absolute Gasteiger partial charge is 0.313 e. The molecule has 5 nitrogen and oxygen atoms in total. The molecule has 20 heavy (non-hydrogen) atoms. The van der Waals surface area contributed by atoms with E-state index in [1.54, 1.807) is 16.3 Å². The number of thioether (sulfide) groups is 1. The lowest BCUT2D eigenvalue weighted by Crippen LogP contribution is -2.39. The molecule has 1 aromatic heterocycles. The Morgan fingerprint density at radius 2 is 2.15 bits per heavy atom. The molecule has 1 aromatic rings. The van der Waals surface area contributed by atoms with E-state index >= 15 is 0 Å². The zero-order valence-electron chi connectivity index (χ0n) is 12.5. The van der Waals surface area contributed by atoms with Gasteiger partial charge < -0.3 is 5.32 Å². The number of hydrogen-bond acceptors (Lipinski definition) is 4. The molecule has 114 valence electrons. The van der Waals surface area contributed by atoms with Crippen LogP contribution < -0.4 is 11.0 Å². The second kappa shape index (κ2) is 7.88. The highest BCUT2D eigenvalue weighted by Gasteiger charge is 2.23. The summed E-state index contributed by atoms with van der Waals surface area (Å²) in [5, 5.41) is 11.1. The fourth-order valence-corrected chi connectivity index (χ4v) is 4.21. The number of hydrogen-bond donors (Lipinski definition) is 2. The molecule has 2 N–H and O–H groups in total. The maximum absolute atomic E-state index is 11.6. The second-order valence-corrected chi connectivity index (χ2v) is 6.42. The summed E-state index contributed by atoms with van der Waals surface area (Å²) in [4.78, 5) is 11.6. The lowest BCUT2D eigenvalue weighted by atomic mass is 9.84. The van der Waals surface area contributed by atoms with Crippen LogP contribution in [-0.2, 0) is 6.54 Å². The van der Waals surface area contributed by atoms with E-state index in [1.165, 1.54) is 32.1 Å². The molecule has 0 radical (unpaired) electrons. The first-order valence-corrected chi connectivity index (χ1v) is 8.76. The van der Waals surface area contributed by atoms with E-state index in [0.717, 1.165) is 23.4 Å². The Hall–Kier alpha value is -0.750. The Bertz CT molecular complexity index is 450. The van der Waals surface area contributed by atoms with Crippen molar-refractivity contribution in [1.29, 1.82) is 0 Å². The van der Waals surface area contributed by atoms with Crippen molar-refractivity contribution in [3.8, 4) is 0 Å². The van der Waals surface area contributed by atoms with Crippen molar-refractivity contribution in [2.45, 2.75) is 63.7 Å². The van der Waals surface area contributed by atoms with Crippen LogP contribution in [0, 0.1) is 5.92 Å². The van der Waals surface area contributed by atoms with Gasteiger partial charge in [0.25, 0.3) is 0 Å². The van der Waals surface area contributed by atoms with Gasteiger partial charge in [-0.15, -0.1) is 5.10 Å². The lowest BCUT2D eigenvalue weighted by Gasteiger charge is -2.30. The van der Waals surface area contributed by atoms with Gasteiger partial charge in [0.2, 0.25) is 0 Å². The fraction of sp³-hybridized carbons (Fsp3) is 0.857. The van der Waals surface area contributed by atoms with Crippen molar-refractivity contribution in [1.82, 2.24) is 20.1 Å². The fourth-order valence-electron chi connectivity index (χ4n) is 3.02. The normalized spacial score (nSPS) is 18.3. The number of aromatic amines is 1. The van der Waals surface area contributed by atoms with Crippen LogP contribution in [-0.4, -0.2) is 33.1 Å². The van der Waals surface area contributed by atoms with Gasteiger partial charge in [-0.3, -0.25) is 4.57 Å². The van der Waals surface area contributed by atoms with Gasteiger partial charge >= 0.3 is 5.69 Å². The standard InChI is InChI=1S/C14H26N4OS/c1-3-15-12(11-8-6-5-7-9-11)10-20-14-17-16-13(19)18(14)4-2/h11-12,15H,3-10H2,1-2H3,(H,16,19). The maximum Gasteiger partial charge on any atom is 0.343 e. The zero-order valence-corrected chi connectivity index (χ0v) is 13.3. The number of nitrogens with one attached hydrogen (secondary N) is 2. The molecule has 0 amide bonds. The third-order valence-electron chi connectivity index (χ3n) is 4.12. The average Bonchev–Trinajstić information content (AvgIpc) is 2.84. The van der Waals surface area contributed by atoms with Crippen molar-refractivity contribution in [3.63, 3.8) is 0 Å². The summed E-state index contributed by atoms with van der Waals surface area (Å²) in [6.07, 6.45) is 6.77. The third-order valence-corrected chi connectivity index (χ3v) is 5.21. The Morgan fingerprint density at radius 1 is 1.40 bits per heavy atom. The first-order chi connectivity index (χ1) is 9.76. The average molecular weight is 298 g/mol. The minimum atomic E-state index is -0.104. The van der Waals surface area contributed by atoms with Crippen molar-refractivity contribution >= 4 is 11.8 Å². The number of aromatic nitrogens is 3. The van der Waals surface area contributed by atoms with E-state index in [4.69, 9.17) is 0 Å². The van der Waals surface area contributed by atoms with Crippen LogP contribution >= 0.6 is 11.8 Å². The maximum atomic E-state index is 11.6. The zero-order chi connectivity index (χ0) is 14.4. The second-order valence-electron chi connectivity index (χ2n) is 5.43. The molecule has 1 aliphatic carbocycles. The lowest BCUT2D eigenvalue weighted by molar-refractivity contribution is 0.288. The van der Waals surface area contributed by atoms with Gasteiger partial charge in [-0.2, -0.15) is 0 Å². The Balaban J connectivity index is 1.95. The Kier molecular flexibility index (Phi) is 6.16. The van der Waals surface area contributed by atoms with Crippen LogP contribution in [0.5, 0.6) is 0 Å². The molecule has 2 rings (SSSR count). The molecule has 1 fully saturated rings. The van der Waals surface area contributed by atoms with Crippen molar-refractivity contribution in [2.75, 3.05) is 12.3 Å². The summed E-state index contributed by atoms with van der Waals surface area (Å²) in [6.45, 7) is 5.82. The molecule has 0 aliphatic heterocycles. The molecule has 0 bridgehead atoms. The Labute approximate surface area is 124 Å². The van der Waals surface area contributed by atoms with Crippen LogP contribution in [0.4, 0.5) is 0 Å². The largest absolute Gasteiger partial charge is 0.343 e. The monoisotopic (exact) mass is 298 g/mol. The molecular formula is C14H26N4OS. The van der Waals surface area contributed by atoms with Gasteiger partial charge in [0.05, 0.1) is 0 Å². The molecule has 1 atom stereocenters. The van der Waals surface area contributed by atoms with E-state index < -0.39 is 0 Å². The Morgan fingerprint density at radius 3 is 2.80 bits per heavy atom. The summed E-state index contributed by atoms with van der Waals surface area (Å²) < 4.78 is 1.70. The van der Waals surface area contributed by atoms with Crippen LogP contribution in [0.25, 0.3) is 0 Å². The van der Waals surface area contributed by atoms with Gasteiger partial charge in [0, 0.05) is 18.3 Å². The summed E-state index contributed by atoms with van der Waals surface area (Å²) in [7, 11) is 0. The van der Waals surface area contributed by atoms with Crippen LogP contribution in [0.15, 0.2) is 9.95 Å². The molecule has 0 saturated heterocycles. The quantitative estimate of drug-likeness (QED) is 0.758. The van der Waals surface area contributed by atoms with E-state index in [2.05, 4.69) is 22.4 Å². The highest BCUT2D eigenvalue weighted by molar-refractivity contribution is 7.99. The van der Waals surface area contributed by atoms with E-state index in [-0.39, 0.29) is 5.69 Å². The number of H-pyrrole nitrogens is 1. The molecule has 1 unspecified atom stereocenters. The van der Waals surface area contributed by atoms with Gasteiger partial charge in [-0.1, -0.05) is 37.9 Å². The summed E-state index contributed by atoms with van der Waals surface area (Å²) in [5.41, 5.74) is -0.104. The summed E-state index contributed by atoms with van der Waals surface area (Å²) in [6, 6.07) is 0.530. The van der Waals surface area contributed by atoms with Crippen molar-refractivity contribution in [2.24, 2.45) is 5.92 Å². The summed E-state index contributed by atoms with van der Waals surface area (Å²) >= 11 is 1.69. The molecular weight excluding hydrogens is 272 g/mol. The van der Waals surface area contributed by atoms with Gasteiger partial charge in [-0.05, 0) is 32.2 Å². The molecule has 0 aromatic carbocycles. The first kappa shape index (κ1) is 15.6. The highest BCUT2D eigenvalue weighted by Crippen LogP contribution is 2.29. The molecule has 6 heteroatoms. The van der Waals surface area contributed by atoms with E-state index in [0.29, 0.717) is 12.6 Å². The minimum Gasteiger partial charge on any atom is -0.313 e. The van der Waals surface area contributed by atoms with Crippen LogP contribution in [0.1, 0.15) is 46.0 Å². The van der Waals surface area contributed by atoms with Gasteiger partial charge in [0.15, 0.2) is 5.16 Å². The minimum absolute atomic E-state index is 0.104. The van der Waals surface area contributed by atoms with Crippen molar-refractivity contribution < 1.29 is 0 Å². The van der Waals surface area contributed by atoms with Crippen LogP contribution in [0.2, 0.25) is 0 Å². The molecule has 0 spiro atoms. The molecule has 1 saturated carbocycles.